The van der Waals surface area contributed by atoms with E-state index in [4.69, 9.17) is 21.4 Å². The lowest BCUT2D eigenvalue weighted by molar-refractivity contribution is -0.132. The van der Waals surface area contributed by atoms with Gasteiger partial charge < -0.3 is 15.6 Å². The van der Waals surface area contributed by atoms with Crippen LogP contribution in [0.5, 0.6) is 5.75 Å². The maximum Gasteiger partial charge on any atom is 0.357 e. The maximum atomic E-state index is 14.0. The predicted molar refractivity (Wildman–Crippen MR) is 85.9 cm³/mol. The summed E-state index contributed by atoms with van der Waals surface area (Å²) in [5.41, 5.74) is 9.20. The number of pyridine rings is 1. The van der Waals surface area contributed by atoms with Crippen LogP contribution < -0.4 is 21.7 Å². The van der Waals surface area contributed by atoms with Gasteiger partial charge in [0.2, 0.25) is 11.8 Å². The molecule has 0 saturated heterocycles. The molecule has 0 atom stereocenters. The van der Waals surface area contributed by atoms with Gasteiger partial charge in [-0.1, -0.05) is 6.07 Å². The van der Waals surface area contributed by atoms with Crippen molar-refractivity contribution in [3.8, 4) is 16.9 Å². The van der Waals surface area contributed by atoms with Gasteiger partial charge in [0.1, 0.15) is 5.75 Å². The molecular weight excluding hydrogens is 315 g/mol. The smallest absolute Gasteiger partial charge is 0.357 e. The average molecular weight is 332 g/mol. The Balaban J connectivity index is 2.36. The molecule has 0 aliphatic carbocycles. The molecule has 0 amide bonds. The Kier molecular flexibility index (Phi) is 5.00. The van der Waals surface area contributed by atoms with Gasteiger partial charge in [0.15, 0.2) is 5.70 Å². The lowest BCUT2D eigenvalue weighted by Crippen LogP contribution is -2.31. The Morgan fingerprint density at radius 2 is 1.92 bits per heavy atom. The summed E-state index contributed by atoms with van der Waals surface area (Å²) in [7, 11) is 0. The Hall–Kier alpha value is -3.13. The summed E-state index contributed by atoms with van der Waals surface area (Å²) in [4.78, 5) is 14.7. The van der Waals surface area contributed by atoms with Gasteiger partial charge in [-0.25, -0.2) is 15.6 Å². The number of nitrogens with two attached hydrogens (primary N) is 2. The van der Waals surface area contributed by atoms with Crippen LogP contribution >= 0.6 is 0 Å². The fraction of sp³-hybridized carbons (Fsp3) is 0.125. The van der Waals surface area contributed by atoms with Crippen molar-refractivity contribution in [2.75, 3.05) is 0 Å². The zero-order valence-electron chi connectivity index (χ0n) is 13.1. The Morgan fingerprint density at radius 3 is 2.46 bits per heavy atom. The van der Waals surface area contributed by atoms with Crippen LogP contribution in [0.25, 0.3) is 11.1 Å². The van der Waals surface area contributed by atoms with E-state index in [1.807, 2.05) is 0 Å². The van der Waals surface area contributed by atoms with Crippen LogP contribution in [0.2, 0.25) is 0 Å². The third kappa shape index (κ3) is 3.61. The molecule has 126 valence electrons. The monoisotopic (exact) mass is 332 g/mol. The fourth-order valence-electron chi connectivity index (χ4n) is 2.10. The molecule has 0 aliphatic rings. The standard InChI is InChI=1S/C16H17FN4O3/c1-8-7-10(24-15(21-19)13(18)16(22)23)4-6-11(8)12-5-3-9(2)20-14(12)17/h3-7,21H,18-19H2,1-2H3,(H,22,23)/b15-13+. The SMILES string of the molecule is Cc1ccc(-c2ccc(O/C(NN)=C(/N)C(=O)O)cc2C)c(F)n1. The van der Waals surface area contributed by atoms with E-state index in [9.17, 15) is 9.18 Å². The molecule has 0 radical (unpaired) electrons. The molecule has 7 nitrogen and oxygen atoms in total. The summed E-state index contributed by atoms with van der Waals surface area (Å²) in [6, 6.07) is 8.17. The van der Waals surface area contributed by atoms with E-state index in [0.29, 0.717) is 28.1 Å². The van der Waals surface area contributed by atoms with Gasteiger partial charge in [0.05, 0.1) is 0 Å². The van der Waals surface area contributed by atoms with E-state index in [-0.39, 0.29) is 5.88 Å². The van der Waals surface area contributed by atoms with Crippen molar-refractivity contribution < 1.29 is 19.0 Å². The number of aromatic nitrogens is 1. The van der Waals surface area contributed by atoms with E-state index >= 15 is 0 Å². The minimum Gasteiger partial charge on any atom is -0.476 e. The molecule has 1 aromatic carbocycles. The van der Waals surface area contributed by atoms with Crippen molar-refractivity contribution in [2.24, 2.45) is 11.6 Å². The number of halogens is 1. The first-order valence-corrected chi connectivity index (χ1v) is 6.95. The van der Waals surface area contributed by atoms with Gasteiger partial charge in [0.25, 0.3) is 0 Å². The van der Waals surface area contributed by atoms with Crippen molar-refractivity contribution in [1.29, 1.82) is 0 Å². The molecule has 8 heteroatoms. The number of ether oxygens (including phenoxy) is 1. The van der Waals surface area contributed by atoms with Crippen LogP contribution in [-0.2, 0) is 4.79 Å². The third-order valence-corrected chi connectivity index (χ3v) is 3.30. The number of carboxylic acids is 1. The summed E-state index contributed by atoms with van der Waals surface area (Å²) in [6.45, 7) is 3.47. The molecule has 0 bridgehead atoms. The first kappa shape index (κ1) is 17.2. The van der Waals surface area contributed by atoms with Gasteiger partial charge in [-0.15, -0.1) is 0 Å². The normalized spacial score (nSPS) is 11.7. The molecule has 1 aromatic heterocycles. The largest absolute Gasteiger partial charge is 0.476 e. The van der Waals surface area contributed by atoms with E-state index in [1.54, 1.807) is 44.2 Å². The number of carboxylic acid groups (broad SMARTS) is 1. The second kappa shape index (κ2) is 6.97. The van der Waals surface area contributed by atoms with Crippen molar-refractivity contribution >= 4 is 5.97 Å². The molecule has 0 saturated carbocycles. The van der Waals surface area contributed by atoms with E-state index in [2.05, 4.69) is 10.4 Å². The van der Waals surface area contributed by atoms with Crippen LogP contribution in [0.1, 0.15) is 11.3 Å². The van der Waals surface area contributed by atoms with Crippen LogP contribution in [0.3, 0.4) is 0 Å². The van der Waals surface area contributed by atoms with Crippen LogP contribution in [0.15, 0.2) is 41.9 Å². The molecule has 1 heterocycles. The molecule has 0 spiro atoms. The molecule has 2 rings (SSSR count). The van der Waals surface area contributed by atoms with Gasteiger partial charge in [0, 0.05) is 11.3 Å². The second-order valence-electron chi connectivity index (χ2n) is 5.06. The van der Waals surface area contributed by atoms with Crippen molar-refractivity contribution in [2.45, 2.75) is 13.8 Å². The van der Waals surface area contributed by atoms with Gasteiger partial charge in [-0.2, -0.15) is 4.39 Å². The van der Waals surface area contributed by atoms with Gasteiger partial charge in [-0.05, 0) is 49.2 Å². The van der Waals surface area contributed by atoms with E-state index < -0.39 is 17.6 Å². The quantitative estimate of drug-likeness (QED) is 0.215. The zero-order chi connectivity index (χ0) is 17.9. The van der Waals surface area contributed by atoms with Crippen molar-refractivity contribution in [1.82, 2.24) is 10.4 Å². The zero-order valence-corrected chi connectivity index (χ0v) is 13.1. The Labute approximate surface area is 137 Å². The Morgan fingerprint density at radius 1 is 1.25 bits per heavy atom. The van der Waals surface area contributed by atoms with Gasteiger partial charge in [-0.3, -0.25) is 5.43 Å². The molecule has 24 heavy (non-hydrogen) atoms. The summed E-state index contributed by atoms with van der Waals surface area (Å²) in [6.07, 6.45) is 0. The number of aliphatic carboxylic acids is 1. The Bertz CT molecular complexity index is 821. The molecule has 0 aliphatic heterocycles. The topological polar surface area (TPSA) is 123 Å². The van der Waals surface area contributed by atoms with Crippen LogP contribution in [0, 0.1) is 19.8 Å². The first-order valence-electron chi connectivity index (χ1n) is 6.95. The highest BCUT2D eigenvalue weighted by atomic mass is 19.1. The summed E-state index contributed by atoms with van der Waals surface area (Å²) < 4.78 is 19.4. The second-order valence-corrected chi connectivity index (χ2v) is 5.06. The fourth-order valence-corrected chi connectivity index (χ4v) is 2.10. The molecule has 0 unspecified atom stereocenters. The number of nitrogens with one attached hydrogen (secondary N) is 1. The van der Waals surface area contributed by atoms with Crippen molar-refractivity contribution in [3.05, 3.63) is 59.1 Å². The minimum absolute atomic E-state index is 0.294. The third-order valence-electron chi connectivity index (χ3n) is 3.30. The first-order chi connectivity index (χ1) is 11.3. The van der Waals surface area contributed by atoms with Gasteiger partial charge >= 0.3 is 5.97 Å². The number of aryl methyl sites for hydroxylation is 2. The minimum atomic E-state index is -1.37. The highest BCUT2D eigenvalue weighted by Crippen LogP contribution is 2.29. The number of hydrogen-bond donors (Lipinski definition) is 4. The van der Waals surface area contributed by atoms with Crippen LogP contribution in [-0.4, -0.2) is 16.1 Å². The lowest BCUT2D eigenvalue weighted by atomic mass is 10.0. The molecule has 0 fully saturated rings. The number of benzene rings is 1. The lowest BCUT2D eigenvalue weighted by Gasteiger charge is -2.13. The molecule has 6 N–H and O–H groups in total. The van der Waals surface area contributed by atoms with Crippen molar-refractivity contribution in [3.63, 3.8) is 0 Å². The highest BCUT2D eigenvalue weighted by Gasteiger charge is 2.14. The summed E-state index contributed by atoms with van der Waals surface area (Å²) in [5.74, 6) is 3.29. The molecular formula is C16H17FN4O3. The molecule has 2 aromatic rings. The number of carbonyl (C=O) groups is 1. The maximum absolute atomic E-state index is 14.0. The predicted octanol–water partition coefficient (Wildman–Crippen LogP) is 1.56. The number of hydrogen-bond acceptors (Lipinski definition) is 6. The number of rotatable bonds is 5. The highest BCUT2D eigenvalue weighted by molar-refractivity contribution is 5.85. The van der Waals surface area contributed by atoms with Crippen LogP contribution in [0.4, 0.5) is 4.39 Å². The van der Waals surface area contributed by atoms with E-state index in [1.165, 1.54) is 0 Å². The average Bonchev–Trinajstić information content (AvgIpc) is 2.53. The number of nitrogens with zero attached hydrogens (tertiary/aromatic N) is 1. The summed E-state index contributed by atoms with van der Waals surface area (Å²) in [5, 5.41) is 8.85. The number of hydrazine groups is 1. The van der Waals surface area contributed by atoms with E-state index in [0.717, 1.165) is 0 Å². The summed E-state index contributed by atoms with van der Waals surface area (Å²) >= 11 is 0.